The molecule has 0 aromatic carbocycles. The van der Waals surface area contributed by atoms with Crippen LogP contribution in [0.1, 0.15) is 44.9 Å². The van der Waals surface area contributed by atoms with Crippen LogP contribution in [0.15, 0.2) is 0 Å². The summed E-state index contributed by atoms with van der Waals surface area (Å²) >= 11 is 0. The number of amides is 1. The van der Waals surface area contributed by atoms with Crippen LogP contribution in [0.5, 0.6) is 0 Å². The minimum Gasteiger partial charge on any atom is -0.481 e. The molecule has 19 heavy (non-hydrogen) atoms. The quantitative estimate of drug-likeness (QED) is 0.542. The summed E-state index contributed by atoms with van der Waals surface area (Å²) in [5.74, 6) is -2.83. The third kappa shape index (κ3) is 4.51. The van der Waals surface area contributed by atoms with Crippen molar-refractivity contribution in [3.63, 3.8) is 0 Å². The Morgan fingerprint density at radius 1 is 1.16 bits per heavy atom. The topological polar surface area (TPSA) is 130 Å². The van der Waals surface area contributed by atoms with Gasteiger partial charge in [0.15, 0.2) is 0 Å². The maximum atomic E-state index is 12.0. The molecule has 0 bridgehead atoms. The van der Waals surface area contributed by atoms with Gasteiger partial charge in [0.1, 0.15) is 6.04 Å². The van der Waals surface area contributed by atoms with Crippen molar-refractivity contribution in [3.05, 3.63) is 0 Å². The Bertz CT molecular complexity index is 363. The Labute approximate surface area is 111 Å². The molecule has 7 heteroatoms. The number of carboxylic acid groups (broad SMARTS) is 2. The van der Waals surface area contributed by atoms with Crippen molar-refractivity contribution < 1.29 is 24.6 Å². The lowest BCUT2D eigenvalue weighted by Crippen LogP contribution is -2.58. The van der Waals surface area contributed by atoms with E-state index in [9.17, 15) is 14.4 Å². The van der Waals surface area contributed by atoms with Crippen LogP contribution in [0.4, 0.5) is 0 Å². The Morgan fingerprint density at radius 3 is 2.21 bits per heavy atom. The van der Waals surface area contributed by atoms with Crippen LogP contribution in [-0.2, 0) is 14.4 Å². The maximum Gasteiger partial charge on any atom is 0.326 e. The second-order valence-electron chi connectivity index (χ2n) is 5.01. The van der Waals surface area contributed by atoms with Crippen molar-refractivity contribution >= 4 is 17.8 Å². The molecule has 108 valence electrons. The third-order valence-corrected chi connectivity index (χ3v) is 3.45. The number of rotatable bonds is 6. The van der Waals surface area contributed by atoms with Crippen LogP contribution in [0.2, 0.25) is 0 Å². The highest BCUT2D eigenvalue weighted by Crippen LogP contribution is 2.26. The molecule has 0 radical (unpaired) electrons. The van der Waals surface area contributed by atoms with Gasteiger partial charge >= 0.3 is 11.9 Å². The highest BCUT2D eigenvalue weighted by molar-refractivity contribution is 5.90. The predicted octanol–water partition coefficient (Wildman–Crippen LogP) is 0.0822. The fourth-order valence-electron chi connectivity index (χ4n) is 2.24. The molecular weight excluding hydrogens is 252 g/mol. The summed E-state index contributed by atoms with van der Waals surface area (Å²) in [5.41, 5.74) is 4.97. The second-order valence-corrected chi connectivity index (χ2v) is 5.01. The molecule has 0 saturated heterocycles. The summed E-state index contributed by atoms with van der Waals surface area (Å²) in [6.45, 7) is 0. The normalized spacial score (nSPS) is 19.4. The fourth-order valence-corrected chi connectivity index (χ4v) is 2.24. The number of hydrogen-bond donors (Lipinski definition) is 4. The molecule has 1 fully saturated rings. The van der Waals surface area contributed by atoms with E-state index in [1.807, 2.05) is 0 Å². The van der Waals surface area contributed by atoms with E-state index in [0.29, 0.717) is 12.8 Å². The van der Waals surface area contributed by atoms with E-state index < -0.39 is 29.4 Å². The van der Waals surface area contributed by atoms with Crippen LogP contribution in [0, 0.1) is 0 Å². The van der Waals surface area contributed by atoms with Gasteiger partial charge in [0.25, 0.3) is 0 Å². The number of carboxylic acids is 2. The van der Waals surface area contributed by atoms with Crippen LogP contribution < -0.4 is 11.1 Å². The minimum atomic E-state index is -1.24. The first-order chi connectivity index (χ1) is 8.85. The zero-order valence-electron chi connectivity index (χ0n) is 10.7. The lowest BCUT2D eigenvalue weighted by Gasteiger charge is -2.32. The number of hydrogen-bond acceptors (Lipinski definition) is 4. The average Bonchev–Trinajstić information content (AvgIpc) is 2.34. The van der Waals surface area contributed by atoms with E-state index in [2.05, 4.69) is 5.32 Å². The number of carbonyl (C=O) groups excluding carboxylic acids is 1. The number of nitrogens with two attached hydrogens (primary N) is 1. The molecule has 0 aromatic rings. The summed E-state index contributed by atoms with van der Waals surface area (Å²) in [5, 5.41) is 19.9. The third-order valence-electron chi connectivity index (χ3n) is 3.45. The summed E-state index contributed by atoms with van der Waals surface area (Å²) < 4.78 is 0. The molecule has 7 nitrogen and oxygen atoms in total. The molecule has 1 rings (SSSR count). The smallest absolute Gasteiger partial charge is 0.326 e. The largest absolute Gasteiger partial charge is 0.481 e. The van der Waals surface area contributed by atoms with Crippen molar-refractivity contribution in [2.75, 3.05) is 0 Å². The van der Waals surface area contributed by atoms with Crippen LogP contribution >= 0.6 is 0 Å². The molecule has 0 aromatic heterocycles. The Morgan fingerprint density at radius 2 is 1.74 bits per heavy atom. The van der Waals surface area contributed by atoms with Gasteiger partial charge in [-0.05, 0) is 19.3 Å². The predicted molar refractivity (Wildman–Crippen MR) is 66.4 cm³/mol. The molecule has 1 atom stereocenters. The number of nitrogens with one attached hydrogen (secondary N) is 1. The molecule has 5 N–H and O–H groups in total. The van der Waals surface area contributed by atoms with Gasteiger partial charge < -0.3 is 21.3 Å². The van der Waals surface area contributed by atoms with Gasteiger partial charge in [0.05, 0.1) is 5.54 Å². The standard InChI is InChI=1S/C12H20N2O5/c13-12(6-2-1-3-7-12)11(19)14-8(10(17)18)4-5-9(15)16/h8H,1-7,13H2,(H,14,19)(H,15,16)(H,17,18)/t8-/m0/s1. The van der Waals surface area contributed by atoms with Crippen molar-refractivity contribution in [1.82, 2.24) is 5.32 Å². The van der Waals surface area contributed by atoms with Gasteiger partial charge in [-0.2, -0.15) is 0 Å². The highest BCUT2D eigenvalue weighted by atomic mass is 16.4. The van der Waals surface area contributed by atoms with Gasteiger partial charge in [-0.15, -0.1) is 0 Å². The van der Waals surface area contributed by atoms with Crippen molar-refractivity contribution in [2.24, 2.45) is 5.73 Å². The van der Waals surface area contributed by atoms with Gasteiger partial charge in [-0.25, -0.2) is 4.79 Å². The molecule has 1 aliphatic carbocycles. The average molecular weight is 272 g/mol. The van der Waals surface area contributed by atoms with Gasteiger partial charge in [-0.3, -0.25) is 9.59 Å². The van der Waals surface area contributed by atoms with E-state index >= 15 is 0 Å². The SMILES string of the molecule is NC1(C(=O)N[C@@H](CCC(=O)O)C(=O)O)CCCCC1. The van der Waals surface area contributed by atoms with E-state index in [-0.39, 0.29) is 12.8 Å². The zero-order valence-corrected chi connectivity index (χ0v) is 10.7. The molecule has 0 heterocycles. The zero-order chi connectivity index (χ0) is 14.5. The molecular formula is C12H20N2O5. The Balaban J connectivity index is 2.59. The first-order valence-electron chi connectivity index (χ1n) is 6.39. The summed E-state index contributed by atoms with van der Waals surface area (Å²) in [6, 6.07) is -1.20. The summed E-state index contributed by atoms with van der Waals surface area (Å²) in [4.78, 5) is 33.5. The first-order valence-corrected chi connectivity index (χ1v) is 6.39. The molecule has 1 saturated carbocycles. The highest BCUT2D eigenvalue weighted by Gasteiger charge is 2.37. The minimum absolute atomic E-state index is 0.146. The molecule has 1 aliphatic rings. The second kappa shape index (κ2) is 6.51. The van der Waals surface area contributed by atoms with Crippen LogP contribution in [0.25, 0.3) is 0 Å². The van der Waals surface area contributed by atoms with Crippen molar-refractivity contribution in [2.45, 2.75) is 56.5 Å². The summed E-state index contributed by atoms with van der Waals surface area (Å²) in [6.07, 6.45) is 3.32. The van der Waals surface area contributed by atoms with E-state index in [1.54, 1.807) is 0 Å². The Hall–Kier alpha value is -1.63. The Kier molecular flexibility index (Phi) is 5.29. The van der Waals surface area contributed by atoms with Crippen LogP contribution in [-0.4, -0.2) is 39.6 Å². The monoisotopic (exact) mass is 272 g/mol. The fraction of sp³-hybridized carbons (Fsp3) is 0.750. The number of aliphatic carboxylic acids is 2. The van der Waals surface area contributed by atoms with Crippen molar-refractivity contribution in [1.29, 1.82) is 0 Å². The van der Waals surface area contributed by atoms with E-state index in [4.69, 9.17) is 15.9 Å². The molecule has 0 unspecified atom stereocenters. The number of carbonyl (C=O) groups is 3. The molecule has 0 spiro atoms. The van der Waals surface area contributed by atoms with Gasteiger partial charge in [0, 0.05) is 6.42 Å². The lowest BCUT2D eigenvalue weighted by molar-refractivity contribution is -0.144. The first kappa shape index (κ1) is 15.4. The molecule has 0 aliphatic heterocycles. The maximum absolute atomic E-state index is 12.0. The van der Waals surface area contributed by atoms with Crippen LogP contribution in [0.3, 0.4) is 0 Å². The summed E-state index contributed by atoms with van der Waals surface area (Å²) in [7, 11) is 0. The van der Waals surface area contributed by atoms with E-state index in [0.717, 1.165) is 19.3 Å². The molecule has 1 amide bonds. The van der Waals surface area contributed by atoms with Crippen molar-refractivity contribution in [3.8, 4) is 0 Å². The van der Waals surface area contributed by atoms with E-state index in [1.165, 1.54) is 0 Å². The van der Waals surface area contributed by atoms with Gasteiger partial charge in [0.2, 0.25) is 5.91 Å². The van der Waals surface area contributed by atoms with Gasteiger partial charge in [-0.1, -0.05) is 19.3 Å². The lowest BCUT2D eigenvalue weighted by atomic mass is 9.81.